The van der Waals surface area contributed by atoms with E-state index >= 15 is 0 Å². The van der Waals surface area contributed by atoms with Crippen molar-refractivity contribution >= 4 is 16.9 Å². The van der Waals surface area contributed by atoms with E-state index in [4.69, 9.17) is 17.3 Å². The second kappa shape index (κ2) is 4.79. The second-order valence-electron chi connectivity index (χ2n) is 4.62. The van der Waals surface area contributed by atoms with E-state index in [2.05, 4.69) is 5.92 Å². The fourth-order valence-electron chi connectivity index (χ4n) is 2.38. The largest absolute Gasteiger partial charge is 0.480 e. The molecule has 4 heteroatoms. The lowest BCUT2D eigenvalue weighted by Crippen LogP contribution is -2.32. The van der Waals surface area contributed by atoms with Crippen molar-refractivity contribution in [2.24, 2.45) is 12.8 Å². The van der Waals surface area contributed by atoms with Gasteiger partial charge in [0.05, 0.1) is 0 Å². The minimum absolute atomic E-state index is 0.275. The molecule has 1 unspecified atom stereocenters. The Bertz CT molecular complexity index is 692. The molecule has 0 saturated heterocycles. The first-order chi connectivity index (χ1) is 8.97. The lowest BCUT2D eigenvalue weighted by molar-refractivity contribution is -0.138. The highest BCUT2D eigenvalue weighted by Gasteiger charge is 2.20. The molecular weight excluding hydrogens is 240 g/mol. The second-order valence-corrected chi connectivity index (χ2v) is 4.62. The highest BCUT2D eigenvalue weighted by Crippen LogP contribution is 2.28. The standard InChI is InChI=1S/C15H16N2O2/c1-4-10-6-5-7-13-14(10)11(9(2)17(13)3)8-12(16)15(18)19/h1,5-7,12H,8,16H2,2-3H3,(H,18,19). The Balaban J connectivity index is 2.69. The third-order valence-electron chi connectivity index (χ3n) is 3.54. The Kier molecular flexibility index (Phi) is 3.32. The molecule has 0 radical (unpaired) electrons. The number of aromatic nitrogens is 1. The van der Waals surface area contributed by atoms with Gasteiger partial charge in [0.25, 0.3) is 0 Å². The number of rotatable bonds is 3. The average molecular weight is 256 g/mol. The number of carbonyl (C=O) groups is 1. The normalized spacial score (nSPS) is 12.3. The van der Waals surface area contributed by atoms with Gasteiger partial charge in [0, 0.05) is 35.6 Å². The topological polar surface area (TPSA) is 68.2 Å². The van der Waals surface area contributed by atoms with Crippen LogP contribution in [0.2, 0.25) is 0 Å². The highest BCUT2D eigenvalue weighted by atomic mass is 16.4. The maximum Gasteiger partial charge on any atom is 0.320 e. The van der Waals surface area contributed by atoms with E-state index in [1.807, 2.05) is 36.7 Å². The number of carboxylic acids is 1. The summed E-state index contributed by atoms with van der Waals surface area (Å²) >= 11 is 0. The van der Waals surface area contributed by atoms with Gasteiger partial charge in [-0.2, -0.15) is 0 Å². The van der Waals surface area contributed by atoms with Crippen LogP contribution in [0.5, 0.6) is 0 Å². The first-order valence-corrected chi connectivity index (χ1v) is 5.99. The van der Waals surface area contributed by atoms with Crippen LogP contribution in [0.4, 0.5) is 0 Å². The molecule has 0 fully saturated rings. The molecule has 0 aliphatic rings. The molecule has 0 spiro atoms. The number of aliphatic carboxylic acids is 1. The zero-order chi connectivity index (χ0) is 14.2. The molecule has 0 saturated carbocycles. The Labute approximate surface area is 111 Å². The fourth-order valence-corrected chi connectivity index (χ4v) is 2.38. The third-order valence-corrected chi connectivity index (χ3v) is 3.54. The summed E-state index contributed by atoms with van der Waals surface area (Å²) in [6.07, 6.45) is 5.80. The number of nitrogens with two attached hydrogens (primary N) is 1. The molecule has 2 rings (SSSR count). The lowest BCUT2D eigenvalue weighted by Gasteiger charge is -2.07. The van der Waals surface area contributed by atoms with Gasteiger partial charge in [-0.1, -0.05) is 12.0 Å². The van der Waals surface area contributed by atoms with Crippen molar-refractivity contribution < 1.29 is 9.90 Å². The van der Waals surface area contributed by atoms with Gasteiger partial charge in [0.1, 0.15) is 6.04 Å². The van der Waals surface area contributed by atoms with E-state index in [0.717, 1.165) is 27.7 Å². The molecule has 1 aromatic heterocycles. The zero-order valence-corrected chi connectivity index (χ0v) is 11.0. The predicted molar refractivity (Wildman–Crippen MR) is 74.9 cm³/mol. The molecular formula is C15H16N2O2. The summed E-state index contributed by atoms with van der Waals surface area (Å²) in [6.45, 7) is 1.95. The third kappa shape index (κ3) is 2.09. The number of fused-ring (bicyclic) bond motifs is 1. The van der Waals surface area contributed by atoms with Crippen LogP contribution in [0.1, 0.15) is 16.8 Å². The molecule has 0 aliphatic carbocycles. The summed E-state index contributed by atoms with van der Waals surface area (Å²) in [7, 11) is 1.94. The molecule has 1 atom stereocenters. The van der Waals surface area contributed by atoms with E-state index in [1.54, 1.807) is 0 Å². The molecule has 98 valence electrons. The number of benzene rings is 1. The molecule has 1 heterocycles. The van der Waals surface area contributed by atoms with Crippen LogP contribution in [0.15, 0.2) is 18.2 Å². The minimum Gasteiger partial charge on any atom is -0.480 e. The number of nitrogens with zero attached hydrogens (tertiary/aromatic N) is 1. The predicted octanol–water partition coefficient (Wildman–Crippen LogP) is 1.42. The SMILES string of the molecule is C#Cc1cccc2c1c(CC(N)C(=O)O)c(C)n2C. The number of hydrogen-bond donors (Lipinski definition) is 2. The first-order valence-electron chi connectivity index (χ1n) is 5.99. The number of carboxylic acid groups (broad SMARTS) is 1. The highest BCUT2D eigenvalue weighted by molar-refractivity contribution is 5.91. The van der Waals surface area contributed by atoms with Crippen molar-refractivity contribution in [2.75, 3.05) is 0 Å². The first kappa shape index (κ1) is 13.2. The van der Waals surface area contributed by atoms with Gasteiger partial charge in [0.15, 0.2) is 0 Å². The van der Waals surface area contributed by atoms with Crippen LogP contribution in [-0.2, 0) is 18.3 Å². The molecule has 4 nitrogen and oxygen atoms in total. The van der Waals surface area contributed by atoms with Crippen LogP contribution in [-0.4, -0.2) is 21.7 Å². The van der Waals surface area contributed by atoms with Gasteiger partial charge in [-0.3, -0.25) is 4.79 Å². The minimum atomic E-state index is -1.01. The van der Waals surface area contributed by atoms with Crippen molar-refractivity contribution in [3.63, 3.8) is 0 Å². The van der Waals surface area contributed by atoms with Crippen molar-refractivity contribution in [1.82, 2.24) is 4.57 Å². The fraction of sp³-hybridized carbons (Fsp3) is 0.267. The Morgan fingerprint density at radius 2 is 2.26 bits per heavy atom. The summed E-state index contributed by atoms with van der Waals surface area (Å²) in [5, 5.41) is 9.90. The molecule has 1 aromatic carbocycles. The Morgan fingerprint density at radius 1 is 1.58 bits per heavy atom. The quantitative estimate of drug-likeness (QED) is 0.816. The molecule has 19 heavy (non-hydrogen) atoms. The molecule has 0 amide bonds. The summed E-state index contributed by atoms with van der Waals surface area (Å²) in [4.78, 5) is 10.9. The van der Waals surface area contributed by atoms with Crippen molar-refractivity contribution in [3.8, 4) is 12.3 Å². The molecule has 3 N–H and O–H groups in total. The summed E-state index contributed by atoms with van der Waals surface area (Å²) in [6, 6.07) is 4.81. The van der Waals surface area contributed by atoms with Gasteiger partial charge < -0.3 is 15.4 Å². The van der Waals surface area contributed by atoms with Gasteiger partial charge in [-0.05, 0) is 24.6 Å². The van der Waals surface area contributed by atoms with Crippen LogP contribution < -0.4 is 5.73 Å². The van der Waals surface area contributed by atoms with Crippen molar-refractivity contribution in [2.45, 2.75) is 19.4 Å². The van der Waals surface area contributed by atoms with Crippen molar-refractivity contribution in [3.05, 3.63) is 35.0 Å². The Morgan fingerprint density at radius 3 is 2.84 bits per heavy atom. The molecule has 2 aromatic rings. The van der Waals surface area contributed by atoms with Crippen LogP contribution in [0.3, 0.4) is 0 Å². The number of hydrogen-bond acceptors (Lipinski definition) is 2. The van der Waals surface area contributed by atoms with Gasteiger partial charge in [0.2, 0.25) is 0 Å². The van der Waals surface area contributed by atoms with E-state index in [1.165, 1.54) is 0 Å². The lowest BCUT2D eigenvalue weighted by atomic mass is 10.00. The van der Waals surface area contributed by atoms with Gasteiger partial charge in [-0.25, -0.2) is 0 Å². The molecule has 0 aliphatic heterocycles. The van der Waals surface area contributed by atoms with Gasteiger partial charge >= 0.3 is 5.97 Å². The Hall–Kier alpha value is -2.25. The molecule has 0 bridgehead atoms. The maximum absolute atomic E-state index is 10.9. The smallest absolute Gasteiger partial charge is 0.320 e. The van der Waals surface area contributed by atoms with E-state index in [9.17, 15) is 4.79 Å². The average Bonchev–Trinajstić information content (AvgIpc) is 2.64. The zero-order valence-electron chi connectivity index (χ0n) is 11.0. The monoisotopic (exact) mass is 256 g/mol. The van der Waals surface area contributed by atoms with E-state index in [-0.39, 0.29) is 6.42 Å². The summed E-state index contributed by atoms with van der Waals surface area (Å²) in [5.41, 5.74) is 9.33. The van der Waals surface area contributed by atoms with E-state index < -0.39 is 12.0 Å². The van der Waals surface area contributed by atoms with Crippen LogP contribution in [0.25, 0.3) is 10.9 Å². The number of terminal acetylenes is 1. The maximum atomic E-state index is 10.9. The number of aryl methyl sites for hydroxylation is 1. The van der Waals surface area contributed by atoms with Crippen LogP contribution >= 0.6 is 0 Å². The summed E-state index contributed by atoms with van der Waals surface area (Å²) < 4.78 is 2.01. The van der Waals surface area contributed by atoms with E-state index in [0.29, 0.717) is 0 Å². The van der Waals surface area contributed by atoms with Crippen molar-refractivity contribution in [1.29, 1.82) is 0 Å². The van der Waals surface area contributed by atoms with Gasteiger partial charge in [-0.15, -0.1) is 6.42 Å². The summed E-state index contributed by atoms with van der Waals surface area (Å²) in [5.74, 6) is 1.65. The van der Waals surface area contributed by atoms with Crippen LogP contribution in [0, 0.1) is 19.3 Å².